The molecule has 18 heavy (non-hydrogen) atoms. The fraction of sp³-hybridized carbons (Fsp3) is 0.833. The van der Waals surface area contributed by atoms with E-state index in [0.717, 1.165) is 6.42 Å². The van der Waals surface area contributed by atoms with Gasteiger partial charge < -0.3 is 19.5 Å². The van der Waals surface area contributed by atoms with Crippen molar-refractivity contribution in [2.75, 3.05) is 19.8 Å². The van der Waals surface area contributed by atoms with Crippen LogP contribution in [0.25, 0.3) is 0 Å². The second-order valence-corrected chi connectivity index (χ2v) is 4.61. The van der Waals surface area contributed by atoms with Gasteiger partial charge in [-0.1, -0.05) is 13.3 Å². The molecule has 6 heteroatoms. The van der Waals surface area contributed by atoms with E-state index in [2.05, 4.69) is 5.32 Å². The van der Waals surface area contributed by atoms with Crippen LogP contribution < -0.4 is 5.32 Å². The molecule has 0 unspecified atom stereocenters. The zero-order valence-corrected chi connectivity index (χ0v) is 10.6. The van der Waals surface area contributed by atoms with Crippen molar-refractivity contribution in [2.24, 2.45) is 0 Å². The lowest BCUT2D eigenvalue weighted by molar-refractivity contribution is -0.174. The molecule has 0 aromatic heterocycles. The number of carbonyl (C=O) groups is 2. The molecule has 0 spiro atoms. The molecule has 1 atom stereocenters. The van der Waals surface area contributed by atoms with Crippen LogP contribution in [0.1, 0.15) is 32.6 Å². The Labute approximate surface area is 106 Å². The summed E-state index contributed by atoms with van der Waals surface area (Å²) in [5.74, 6) is -1.39. The number of hydrogen-bond donors (Lipinski definition) is 1. The Morgan fingerprint density at radius 2 is 2.11 bits per heavy atom. The normalized spacial score (nSPS) is 26.1. The summed E-state index contributed by atoms with van der Waals surface area (Å²) in [4.78, 5) is 23.2. The average molecular weight is 257 g/mol. The number of amides is 1. The van der Waals surface area contributed by atoms with Crippen LogP contribution in [0.4, 0.5) is 0 Å². The van der Waals surface area contributed by atoms with Gasteiger partial charge in [0.25, 0.3) is 0 Å². The molecular weight excluding hydrogens is 238 g/mol. The van der Waals surface area contributed by atoms with Crippen molar-refractivity contribution in [1.82, 2.24) is 5.32 Å². The van der Waals surface area contributed by atoms with Gasteiger partial charge in [-0.3, -0.25) is 4.79 Å². The van der Waals surface area contributed by atoms with Gasteiger partial charge in [0.2, 0.25) is 5.91 Å². The molecule has 0 aromatic rings. The Morgan fingerprint density at radius 1 is 1.39 bits per heavy atom. The maximum Gasteiger partial charge on any atom is 0.328 e. The van der Waals surface area contributed by atoms with E-state index in [0.29, 0.717) is 32.7 Å². The molecule has 1 amide bonds. The van der Waals surface area contributed by atoms with Crippen molar-refractivity contribution in [3.63, 3.8) is 0 Å². The van der Waals surface area contributed by atoms with Crippen molar-refractivity contribution < 1.29 is 23.8 Å². The average Bonchev–Trinajstić information content (AvgIpc) is 2.90. The second-order valence-electron chi connectivity index (χ2n) is 4.61. The molecule has 2 aliphatic heterocycles. The number of cyclic esters (lactones) is 1. The number of esters is 1. The van der Waals surface area contributed by atoms with E-state index in [9.17, 15) is 9.59 Å². The Balaban J connectivity index is 1.87. The van der Waals surface area contributed by atoms with E-state index >= 15 is 0 Å². The van der Waals surface area contributed by atoms with Gasteiger partial charge in [-0.2, -0.15) is 0 Å². The number of nitrogens with one attached hydrogen (secondary N) is 1. The largest absolute Gasteiger partial charge is 0.464 e. The summed E-state index contributed by atoms with van der Waals surface area (Å²) in [5.41, 5.74) is 0. The van der Waals surface area contributed by atoms with E-state index in [1.807, 2.05) is 6.92 Å². The van der Waals surface area contributed by atoms with Gasteiger partial charge in [-0.25, -0.2) is 4.79 Å². The molecule has 2 aliphatic rings. The fourth-order valence-corrected chi connectivity index (χ4v) is 2.33. The monoisotopic (exact) mass is 257 g/mol. The standard InChI is InChI=1S/C12H19NO5/c1-2-4-12(17-6-7-18-12)8-10(14)13-9-3-5-16-11(9)15/h9H,2-8H2,1H3,(H,13,14)/t9-/m1/s1. The fourth-order valence-electron chi connectivity index (χ4n) is 2.33. The first-order valence-electron chi connectivity index (χ1n) is 6.39. The lowest BCUT2D eigenvalue weighted by Crippen LogP contribution is -2.43. The predicted molar refractivity (Wildman–Crippen MR) is 61.7 cm³/mol. The summed E-state index contributed by atoms with van der Waals surface area (Å²) in [5, 5.41) is 2.67. The number of hydrogen-bond acceptors (Lipinski definition) is 5. The van der Waals surface area contributed by atoms with Crippen LogP contribution in [0.5, 0.6) is 0 Å². The van der Waals surface area contributed by atoms with Gasteiger partial charge in [-0.15, -0.1) is 0 Å². The summed E-state index contributed by atoms with van der Waals surface area (Å²) in [6.07, 6.45) is 2.21. The minimum absolute atomic E-state index is 0.130. The Kier molecular flexibility index (Phi) is 4.19. The minimum atomic E-state index is -0.804. The van der Waals surface area contributed by atoms with Crippen LogP contribution in [0.15, 0.2) is 0 Å². The van der Waals surface area contributed by atoms with Crippen LogP contribution in [0, 0.1) is 0 Å². The molecule has 102 valence electrons. The van der Waals surface area contributed by atoms with Gasteiger partial charge in [0.1, 0.15) is 6.04 Å². The first-order chi connectivity index (χ1) is 8.65. The molecule has 2 rings (SSSR count). The highest BCUT2D eigenvalue weighted by Gasteiger charge is 2.39. The highest BCUT2D eigenvalue weighted by molar-refractivity contribution is 5.85. The van der Waals surface area contributed by atoms with Crippen LogP contribution in [0.2, 0.25) is 0 Å². The van der Waals surface area contributed by atoms with Crippen LogP contribution in [0.3, 0.4) is 0 Å². The summed E-state index contributed by atoms with van der Waals surface area (Å²) >= 11 is 0. The van der Waals surface area contributed by atoms with Gasteiger partial charge in [0.05, 0.1) is 26.2 Å². The third-order valence-corrected chi connectivity index (χ3v) is 3.14. The highest BCUT2D eigenvalue weighted by atomic mass is 16.7. The second kappa shape index (κ2) is 5.67. The molecular formula is C12H19NO5. The van der Waals surface area contributed by atoms with Crippen molar-refractivity contribution in [3.8, 4) is 0 Å². The third kappa shape index (κ3) is 3.00. The molecule has 0 aliphatic carbocycles. The maximum absolute atomic E-state index is 11.9. The first kappa shape index (κ1) is 13.3. The van der Waals surface area contributed by atoms with Crippen molar-refractivity contribution in [2.45, 2.75) is 44.4 Å². The topological polar surface area (TPSA) is 73.9 Å². The van der Waals surface area contributed by atoms with Crippen molar-refractivity contribution in [1.29, 1.82) is 0 Å². The first-order valence-corrected chi connectivity index (χ1v) is 6.39. The smallest absolute Gasteiger partial charge is 0.328 e. The zero-order chi connectivity index (χ0) is 13.0. The Hall–Kier alpha value is -1.14. The number of carbonyl (C=O) groups excluding carboxylic acids is 2. The maximum atomic E-state index is 11.9. The van der Waals surface area contributed by atoms with E-state index in [1.54, 1.807) is 0 Å². The molecule has 0 bridgehead atoms. The SMILES string of the molecule is CCCC1(CC(=O)N[C@@H]2CCOC2=O)OCCO1. The highest BCUT2D eigenvalue weighted by Crippen LogP contribution is 2.28. The van der Waals surface area contributed by atoms with Gasteiger partial charge in [0.15, 0.2) is 5.79 Å². The molecule has 0 radical (unpaired) electrons. The molecule has 2 saturated heterocycles. The van der Waals surface area contributed by atoms with E-state index in [4.69, 9.17) is 14.2 Å². The molecule has 0 aromatic carbocycles. The van der Waals surface area contributed by atoms with Crippen molar-refractivity contribution >= 4 is 11.9 Å². The van der Waals surface area contributed by atoms with E-state index in [-0.39, 0.29) is 18.3 Å². The summed E-state index contributed by atoms with van der Waals surface area (Å²) in [6.45, 7) is 3.41. The van der Waals surface area contributed by atoms with E-state index in [1.165, 1.54) is 0 Å². The van der Waals surface area contributed by atoms with Crippen molar-refractivity contribution in [3.05, 3.63) is 0 Å². The van der Waals surface area contributed by atoms with Crippen LogP contribution in [-0.4, -0.2) is 43.5 Å². The quantitative estimate of drug-likeness (QED) is 0.719. The summed E-state index contributed by atoms with van der Waals surface area (Å²) < 4.78 is 15.9. The van der Waals surface area contributed by atoms with Gasteiger partial charge >= 0.3 is 5.97 Å². The van der Waals surface area contributed by atoms with E-state index < -0.39 is 11.8 Å². The molecule has 0 saturated carbocycles. The van der Waals surface area contributed by atoms with Gasteiger partial charge in [-0.05, 0) is 0 Å². The van der Waals surface area contributed by atoms with Crippen LogP contribution in [-0.2, 0) is 23.8 Å². The molecule has 2 fully saturated rings. The summed E-state index contributed by atoms with van der Waals surface area (Å²) in [6, 6.07) is -0.516. The Morgan fingerprint density at radius 3 is 2.67 bits per heavy atom. The zero-order valence-electron chi connectivity index (χ0n) is 10.6. The summed E-state index contributed by atoms with van der Waals surface area (Å²) in [7, 11) is 0. The predicted octanol–water partition coefficient (Wildman–Crippen LogP) is 0.351. The van der Waals surface area contributed by atoms with Crippen LogP contribution >= 0.6 is 0 Å². The minimum Gasteiger partial charge on any atom is -0.464 e. The molecule has 1 N–H and O–H groups in total. The molecule has 6 nitrogen and oxygen atoms in total. The lowest BCUT2D eigenvalue weighted by atomic mass is 10.1. The number of ether oxygens (including phenoxy) is 3. The lowest BCUT2D eigenvalue weighted by Gasteiger charge is -2.26. The Bertz CT molecular complexity index is 324. The molecule has 2 heterocycles. The number of rotatable bonds is 5. The third-order valence-electron chi connectivity index (χ3n) is 3.14. The van der Waals surface area contributed by atoms with Gasteiger partial charge in [0, 0.05) is 12.8 Å².